The standard InChI is InChI=1S/C18H25ClN4O.ClH/c1-10-8-13(10)16(11-2-4-12(19)5-3-11)21-18(24)17-14-9-20-7-6-15(14)22-23-17;/h2-5,10,13-17,20,22-23H,6-9H2,1H3,(H,21,24);1H. The molecule has 1 amide bonds. The van der Waals surface area contributed by atoms with Crippen molar-refractivity contribution < 1.29 is 4.79 Å². The summed E-state index contributed by atoms with van der Waals surface area (Å²) in [5.41, 5.74) is 7.65. The molecule has 3 aliphatic rings. The molecule has 5 nitrogen and oxygen atoms in total. The summed E-state index contributed by atoms with van der Waals surface area (Å²) in [6.07, 6.45) is 2.22. The number of hydrogen-bond acceptors (Lipinski definition) is 4. The minimum Gasteiger partial charge on any atom is -0.348 e. The van der Waals surface area contributed by atoms with Crippen molar-refractivity contribution in [2.24, 2.45) is 17.8 Å². The lowest BCUT2D eigenvalue weighted by molar-refractivity contribution is -0.124. The second kappa shape index (κ2) is 7.80. The molecule has 4 N–H and O–H groups in total. The van der Waals surface area contributed by atoms with E-state index in [1.165, 1.54) is 0 Å². The molecule has 2 aliphatic heterocycles. The van der Waals surface area contributed by atoms with Crippen LogP contribution in [0.5, 0.6) is 0 Å². The summed E-state index contributed by atoms with van der Waals surface area (Å²) in [5.74, 6) is 1.58. The monoisotopic (exact) mass is 384 g/mol. The zero-order chi connectivity index (χ0) is 16.7. The maximum Gasteiger partial charge on any atom is 0.239 e. The minimum absolute atomic E-state index is 0. The third kappa shape index (κ3) is 3.96. The van der Waals surface area contributed by atoms with Crippen molar-refractivity contribution >= 4 is 29.9 Å². The Morgan fingerprint density at radius 1 is 1.28 bits per heavy atom. The average molecular weight is 385 g/mol. The lowest BCUT2D eigenvalue weighted by Gasteiger charge is -2.29. The van der Waals surface area contributed by atoms with Gasteiger partial charge >= 0.3 is 0 Å². The van der Waals surface area contributed by atoms with Crippen LogP contribution < -0.4 is 21.5 Å². The zero-order valence-corrected chi connectivity index (χ0v) is 15.9. The fraction of sp³-hybridized carbons (Fsp3) is 0.611. The Labute approximate surface area is 160 Å². The first-order valence-corrected chi connectivity index (χ1v) is 9.29. The van der Waals surface area contributed by atoms with Crippen molar-refractivity contribution in [3.05, 3.63) is 34.9 Å². The predicted molar refractivity (Wildman–Crippen MR) is 102 cm³/mol. The zero-order valence-electron chi connectivity index (χ0n) is 14.3. The van der Waals surface area contributed by atoms with Crippen LogP contribution in [0, 0.1) is 17.8 Å². The highest BCUT2D eigenvalue weighted by Crippen LogP contribution is 2.47. The van der Waals surface area contributed by atoms with Gasteiger partial charge in [0.1, 0.15) is 6.04 Å². The van der Waals surface area contributed by atoms with Crippen molar-refractivity contribution in [3.8, 4) is 0 Å². The number of hydrogen-bond donors (Lipinski definition) is 4. The van der Waals surface area contributed by atoms with Gasteiger partial charge in [-0.05, 0) is 48.9 Å². The van der Waals surface area contributed by atoms with Crippen molar-refractivity contribution in [3.63, 3.8) is 0 Å². The summed E-state index contributed by atoms with van der Waals surface area (Å²) in [4.78, 5) is 12.9. The van der Waals surface area contributed by atoms with E-state index in [1.54, 1.807) is 0 Å². The molecule has 1 saturated carbocycles. The Morgan fingerprint density at radius 2 is 2.00 bits per heavy atom. The molecule has 1 aliphatic carbocycles. The van der Waals surface area contributed by atoms with Crippen LogP contribution in [0.4, 0.5) is 0 Å². The van der Waals surface area contributed by atoms with Gasteiger partial charge in [0, 0.05) is 23.5 Å². The van der Waals surface area contributed by atoms with Crippen molar-refractivity contribution in [2.45, 2.75) is 37.9 Å². The van der Waals surface area contributed by atoms with Gasteiger partial charge in [0.05, 0.1) is 6.04 Å². The van der Waals surface area contributed by atoms with Crippen LogP contribution in [0.3, 0.4) is 0 Å². The van der Waals surface area contributed by atoms with E-state index in [1.807, 2.05) is 24.3 Å². The molecular formula is C18H26Cl2N4O. The van der Waals surface area contributed by atoms with E-state index in [4.69, 9.17) is 11.6 Å². The van der Waals surface area contributed by atoms with Crippen LogP contribution in [-0.4, -0.2) is 31.1 Å². The van der Waals surface area contributed by atoms with Gasteiger partial charge in [-0.3, -0.25) is 10.2 Å². The second-order valence-corrected chi connectivity index (χ2v) is 7.88. The van der Waals surface area contributed by atoms with Crippen molar-refractivity contribution in [1.82, 2.24) is 21.5 Å². The summed E-state index contributed by atoms with van der Waals surface area (Å²) in [6, 6.07) is 8.15. The number of benzene rings is 1. The molecular weight excluding hydrogens is 359 g/mol. The van der Waals surface area contributed by atoms with E-state index in [-0.39, 0.29) is 30.4 Å². The molecule has 0 spiro atoms. The van der Waals surface area contributed by atoms with E-state index in [9.17, 15) is 4.79 Å². The molecule has 4 rings (SSSR count). The Bertz CT molecular complexity index is 612. The van der Waals surface area contributed by atoms with Gasteiger partial charge in [-0.15, -0.1) is 12.4 Å². The maximum atomic E-state index is 12.9. The topological polar surface area (TPSA) is 65.2 Å². The maximum absolute atomic E-state index is 12.9. The van der Waals surface area contributed by atoms with Crippen LogP contribution in [0.15, 0.2) is 24.3 Å². The van der Waals surface area contributed by atoms with Gasteiger partial charge in [-0.2, -0.15) is 0 Å². The summed E-state index contributed by atoms with van der Waals surface area (Å²) < 4.78 is 0. The Morgan fingerprint density at radius 3 is 2.68 bits per heavy atom. The summed E-state index contributed by atoms with van der Waals surface area (Å²) in [5, 5.41) is 7.43. The predicted octanol–water partition coefficient (Wildman–Crippen LogP) is 2.03. The summed E-state index contributed by atoms with van der Waals surface area (Å²) in [7, 11) is 0. The van der Waals surface area contributed by atoms with E-state index in [0.717, 1.165) is 36.5 Å². The van der Waals surface area contributed by atoms with Crippen LogP contribution in [0.25, 0.3) is 0 Å². The molecule has 7 heteroatoms. The smallest absolute Gasteiger partial charge is 0.239 e. The molecule has 0 aromatic heterocycles. The van der Waals surface area contributed by atoms with Gasteiger partial charge < -0.3 is 10.6 Å². The van der Waals surface area contributed by atoms with Crippen molar-refractivity contribution in [1.29, 1.82) is 0 Å². The number of carbonyl (C=O) groups excluding carboxylic acids is 1. The van der Waals surface area contributed by atoms with Gasteiger partial charge in [-0.1, -0.05) is 30.7 Å². The number of fused-ring (bicyclic) bond motifs is 1. The van der Waals surface area contributed by atoms with Crippen LogP contribution in [-0.2, 0) is 4.79 Å². The fourth-order valence-electron chi connectivity index (χ4n) is 4.14. The van der Waals surface area contributed by atoms with Gasteiger partial charge in [0.25, 0.3) is 0 Å². The van der Waals surface area contributed by atoms with E-state index in [2.05, 4.69) is 28.4 Å². The third-order valence-corrected chi connectivity index (χ3v) is 6.04. The number of nitrogens with one attached hydrogen (secondary N) is 4. The molecule has 25 heavy (non-hydrogen) atoms. The number of halogens is 2. The van der Waals surface area contributed by atoms with Crippen LogP contribution >= 0.6 is 24.0 Å². The van der Waals surface area contributed by atoms with Crippen LogP contribution in [0.2, 0.25) is 5.02 Å². The normalized spacial score (nSPS) is 34.6. The molecule has 138 valence electrons. The molecule has 3 fully saturated rings. The molecule has 0 bridgehead atoms. The lowest BCUT2D eigenvalue weighted by atomic mass is 9.88. The number of piperidine rings is 1. The highest BCUT2D eigenvalue weighted by molar-refractivity contribution is 6.30. The SMILES string of the molecule is CC1CC1C(NC(=O)C1NNC2CCNCC21)c1ccc(Cl)cc1.Cl. The Balaban J connectivity index is 0.00000182. The quantitative estimate of drug-likeness (QED) is 0.641. The highest BCUT2D eigenvalue weighted by atomic mass is 35.5. The Kier molecular flexibility index (Phi) is 5.91. The van der Waals surface area contributed by atoms with Gasteiger partial charge in [0.15, 0.2) is 0 Å². The van der Waals surface area contributed by atoms with Crippen molar-refractivity contribution in [2.75, 3.05) is 13.1 Å². The molecule has 2 saturated heterocycles. The lowest BCUT2D eigenvalue weighted by Crippen LogP contribution is -2.50. The number of amides is 1. The van der Waals surface area contributed by atoms with E-state index in [0.29, 0.717) is 23.8 Å². The molecule has 1 aromatic rings. The highest BCUT2D eigenvalue weighted by Gasteiger charge is 2.45. The average Bonchev–Trinajstić information content (AvgIpc) is 3.15. The summed E-state index contributed by atoms with van der Waals surface area (Å²) >= 11 is 6.01. The third-order valence-electron chi connectivity index (χ3n) is 5.79. The number of hydrazine groups is 1. The first-order valence-electron chi connectivity index (χ1n) is 8.91. The van der Waals surface area contributed by atoms with Crippen LogP contribution in [0.1, 0.15) is 31.4 Å². The minimum atomic E-state index is -0.174. The summed E-state index contributed by atoms with van der Waals surface area (Å²) in [6.45, 7) is 4.14. The fourth-order valence-corrected chi connectivity index (χ4v) is 4.27. The Hall–Kier alpha value is -0.850. The molecule has 6 unspecified atom stereocenters. The molecule has 1 aromatic carbocycles. The van der Waals surface area contributed by atoms with E-state index < -0.39 is 0 Å². The molecule has 2 heterocycles. The second-order valence-electron chi connectivity index (χ2n) is 7.44. The van der Waals surface area contributed by atoms with E-state index >= 15 is 0 Å². The first-order chi connectivity index (χ1) is 11.6. The first kappa shape index (κ1) is 18.9. The number of rotatable bonds is 4. The van der Waals surface area contributed by atoms with Gasteiger partial charge in [-0.25, -0.2) is 5.43 Å². The molecule has 6 atom stereocenters. The molecule has 0 radical (unpaired) electrons. The van der Waals surface area contributed by atoms with Gasteiger partial charge in [0.2, 0.25) is 5.91 Å². The largest absolute Gasteiger partial charge is 0.348 e. The number of carbonyl (C=O) groups is 1.